The summed E-state index contributed by atoms with van der Waals surface area (Å²) < 4.78 is 0. The van der Waals surface area contributed by atoms with Gasteiger partial charge in [0.25, 0.3) is 0 Å². The zero-order valence-electron chi connectivity index (χ0n) is 10.1. The molecule has 0 saturated heterocycles. The van der Waals surface area contributed by atoms with E-state index in [1.165, 1.54) is 18.4 Å². The first kappa shape index (κ1) is 11.3. The molecule has 1 atom stereocenters. The van der Waals surface area contributed by atoms with Gasteiger partial charge in [0.2, 0.25) is 0 Å². The summed E-state index contributed by atoms with van der Waals surface area (Å²) in [5.74, 6) is 0.681. The van der Waals surface area contributed by atoms with Crippen molar-refractivity contribution in [3.63, 3.8) is 0 Å². The lowest BCUT2D eigenvalue weighted by Crippen LogP contribution is -1.96. The second-order valence-corrected chi connectivity index (χ2v) is 4.29. The van der Waals surface area contributed by atoms with Crippen molar-refractivity contribution in [1.82, 2.24) is 0 Å². The van der Waals surface area contributed by atoms with Crippen LogP contribution in [0, 0.1) is 5.92 Å². The number of hydrogen-bond acceptors (Lipinski definition) is 0. The van der Waals surface area contributed by atoms with Gasteiger partial charge < -0.3 is 0 Å². The SMILES string of the molecule is C/C=C/CCC1=C(C)C(C)=C(C)C1C. The summed E-state index contributed by atoms with van der Waals surface area (Å²) in [5.41, 5.74) is 6.28. The van der Waals surface area contributed by atoms with Gasteiger partial charge in [-0.05, 0) is 57.6 Å². The maximum absolute atomic E-state index is 2.33. The van der Waals surface area contributed by atoms with E-state index in [9.17, 15) is 0 Å². The highest BCUT2D eigenvalue weighted by molar-refractivity contribution is 5.46. The lowest BCUT2D eigenvalue weighted by molar-refractivity contribution is 0.752. The maximum atomic E-state index is 2.33. The molecule has 0 bridgehead atoms. The van der Waals surface area contributed by atoms with Gasteiger partial charge in [-0.15, -0.1) is 0 Å². The van der Waals surface area contributed by atoms with Gasteiger partial charge in [0, 0.05) is 0 Å². The van der Waals surface area contributed by atoms with Crippen molar-refractivity contribution in [2.75, 3.05) is 0 Å². The van der Waals surface area contributed by atoms with Crippen molar-refractivity contribution in [2.24, 2.45) is 5.92 Å². The zero-order chi connectivity index (χ0) is 10.7. The average molecular weight is 190 g/mol. The van der Waals surface area contributed by atoms with Crippen LogP contribution >= 0.6 is 0 Å². The first-order valence-corrected chi connectivity index (χ1v) is 5.58. The molecule has 0 aliphatic heterocycles. The fourth-order valence-electron chi connectivity index (χ4n) is 2.26. The smallest absolute Gasteiger partial charge is 0.00125 e. The summed E-state index contributed by atoms with van der Waals surface area (Å²) in [5, 5.41) is 0. The van der Waals surface area contributed by atoms with Crippen molar-refractivity contribution in [1.29, 1.82) is 0 Å². The van der Waals surface area contributed by atoms with Crippen LogP contribution in [0.3, 0.4) is 0 Å². The Labute approximate surface area is 88.4 Å². The Bertz CT molecular complexity index is 300. The average Bonchev–Trinajstić information content (AvgIpc) is 2.35. The van der Waals surface area contributed by atoms with E-state index in [0.29, 0.717) is 5.92 Å². The van der Waals surface area contributed by atoms with Gasteiger partial charge in [-0.2, -0.15) is 0 Å². The van der Waals surface area contributed by atoms with Crippen LogP contribution in [0.1, 0.15) is 47.5 Å². The predicted molar refractivity (Wildman–Crippen MR) is 64.3 cm³/mol. The molecule has 0 spiro atoms. The number of hydrogen-bond donors (Lipinski definition) is 0. The predicted octanol–water partition coefficient (Wildman–Crippen LogP) is 4.65. The quantitative estimate of drug-likeness (QED) is 0.568. The molecule has 1 aliphatic carbocycles. The Morgan fingerprint density at radius 1 is 1.14 bits per heavy atom. The standard InChI is InChI=1S/C14H22/c1-6-7-8-9-14-12(4)10(2)11(3)13(14)5/h6-7,12H,8-9H2,1-5H3/b7-6+. The first-order chi connectivity index (χ1) is 6.59. The molecule has 0 aromatic heterocycles. The maximum Gasteiger partial charge on any atom is -0.00125 e. The Morgan fingerprint density at radius 2 is 1.79 bits per heavy atom. The topological polar surface area (TPSA) is 0 Å². The summed E-state index contributed by atoms with van der Waals surface area (Å²) in [6, 6.07) is 0. The minimum absolute atomic E-state index is 0.681. The highest BCUT2D eigenvalue weighted by atomic mass is 14.3. The molecule has 78 valence electrons. The lowest BCUT2D eigenvalue weighted by Gasteiger charge is -2.11. The highest BCUT2D eigenvalue weighted by Crippen LogP contribution is 2.38. The van der Waals surface area contributed by atoms with E-state index in [4.69, 9.17) is 0 Å². The van der Waals surface area contributed by atoms with Crippen LogP contribution in [0.2, 0.25) is 0 Å². The van der Waals surface area contributed by atoms with Crippen molar-refractivity contribution >= 4 is 0 Å². The van der Waals surface area contributed by atoms with Gasteiger partial charge in [0.1, 0.15) is 0 Å². The van der Waals surface area contributed by atoms with Crippen molar-refractivity contribution in [2.45, 2.75) is 47.5 Å². The van der Waals surface area contributed by atoms with E-state index in [1.54, 1.807) is 16.7 Å². The molecule has 0 heterocycles. The largest absolute Gasteiger partial charge is 0.0917 e. The van der Waals surface area contributed by atoms with E-state index >= 15 is 0 Å². The summed E-state index contributed by atoms with van der Waals surface area (Å²) in [6.07, 6.45) is 6.82. The van der Waals surface area contributed by atoms with Crippen molar-refractivity contribution < 1.29 is 0 Å². The second kappa shape index (κ2) is 4.63. The van der Waals surface area contributed by atoms with Gasteiger partial charge in [-0.1, -0.05) is 30.2 Å². The van der Waals surface area contributed by atoms with Crippen LogP contribution in [-0.4, -0.2) is 0 Å². The Kier molecular flexibility index (Phi) is 3.74. The summed E-state index contributed by atoms with van der Waals surface area (Å²) in [7, 11) is 0. The molecule has 0 N–H and O–H groups in total. The van der Waals surface area contributed by atoms with Crippen LogP contribution in [0.4, 0.5) is 0 Å². The highest BCUT2D eigenvalue weighted by Gasteiger charge is 2.22. The molecular weight excluding hydrogens is 168 g/mol. The monoisotopic (exact) mass is 190 g/mol. The molecule has 0 radical (unpaired) electrons. The van der Waals surface area contributed by atoms with E-state index < -0.39 is 0 Å². The third kappa shape index (κ3) is 2.00. The number of allylic oxidation sites excluding steroid dienone is 6. The lowest BCUT2D eigenvalue weighted by atomic mass is 9.94. The fraction of sp³-hybridized carbons (Fsp3) is 0.571. The summed E-state index contributed by atoms with van der Waals surface area (Å²) in [6.45, 7) is 11.2. The zero-order valence-corrected chi connectivity index (χ0v) is 10.1. The summed E-state index contributed by atoms with van der Waals surface area (Å²) in [4.78, 5) is 0. The normalized spacial score (nSPS) is 23.1. The van der Waals surface area contributed by atoms with E-state index in [-0.39, 0.29) is 0 Å². The first-order valence-electron chi connectivity index (χ1n) is 5.58. The van der Waals surface area contributed by atoms with Gasteiger partial charge in [0.05, 0.1) is 0 Å². The molecule has 1 aliphatic rings. The molecule has 1 unspecified atom stereocenters. The molecule has 0 aromatic rings. The van der Waals surface area contributed by atoms with Crippen molar-refractivity contribution in [3.05, 3.63) is 34.4 Å². The van der Waals surface area contributed by atoms with Crippen LogP contribution in [0.5, 0.6) is 0 Å². The van der Waals surface area contributed by atoms with Crippen LogP contribution in [0.15, 0.2) is 34.4 Å². The van der Waals surface area contributed by atoms with Crippen LogP contribution < -0.4 is 0 Å². The second-order valence-electron chi connectivity index (χ2n) is 4.29. The molecule has 1 rings (SSSR count). The van der Waals surface area contributed by atoms with Gasteiger partial charge >= 0.3 is 0 Å². The van der Waals surface area contributed by atoms with E-state index in [2.05, 4.69) is 46.8 Å². The summed E-state index contributed by atoms with van der Waals surface area (Å²) >= 11 is 0. The van der Waals surface area contributed by atoms with Gasteiger partial charge in [-0.25, -0.2) is 0 Å². The van der Waals surface area contributed by atoms with E-state index in [0.717, 1.165) is 0 Å². The fourth-order valence-corrected chi connectivity index (χ4v) is 2.26. The number of rotatable bonds is 3. The van der Waals surface area contributed by atoms with Crippen LogP contribution in [-0.2, 0) is 0 Å². The minimum atomic E-state index is 0.681. The van der Waals surface area contributed by atoms with Gasteiger partial charge in [-0.3, -0.25) is 0 Å². The van der Waals surface area contributed by atoms with E-state index in [1.807, 2.05) is 0 Å². The van der Waals surface area contributed by atoms with Crippen LogP contribution in [0.25, 0.3) is 0 Å². The molecule has 0 nitrogen and oxygen atoms in total. The Morgan fingerprint density at radius 3 is 2.21 bits per heavy atom. The third-order valence-electron chi connectivity index (χ3n) is 3.62. The minimum Gasteiger partial charge on any atom is -0.0917 e. The van der Waals surface area contributed by atoms with Gasteiger partial charge in [0.15, 0.2) is 0 Å². The van der Waals surface area contributed by atoms with Crippen molar-refractivity contribution in [3.8, 4) is 0 Å². The molecular formula is C14H22. The molecule has 0 fully saturated rings. The molecule has 0 amide bonds. The molecule has 0 aromatic carbocycles. The molecule has 14 heavy (non-hydrogen) atoms. The Hall–Kier alpha value is -0.780. The molecule has 0 heteroatoms. The Balaban J connectivity index is 2.72. The third-order valence-corrected chi connectivity index (χ3v) is 3.62. The molecule has 0 saturated carbocycles.